The lowest BCUT2D eigenvalue weighted by atomic mass is 10.1. The van der Waals surface area contributed by atoms with E-state index in [1.807, 2.05) is 69.3 Å². The molecule has 0 saturated carbocycles. The molecule has 0 radical (unpaired) electrons. The Balaban J connectivity index is 1.45. The van der Waals surface area contributed by atoms with Crippen LogP contribution in [0.4, 0.5) is 4.79 Å². The van der Waals surface area contributed by atoms with E-state index < -0.39 is 0 Å². The molecule has 0 bridgehead atoms. The molecular formula is C29H28INO5S. The highest BCUT2D eigenvalue weighted by molar-refractivity contribution is 14.1. The zero-order valence-corrected chi connectivity index (χ0v) is 23.9. The second kappa shape index (κ2) is 12.5. The van der Waals surface area contributed by atoms with Crippen molar-refractivity contribution in [3.05, 3.63) is 91.4 Å². The van der Waals surface area contributed by atoms with Gasteiger partial charge in [-0.15, -0.1) is 0 Å². The lowest BCUT2D eigenvalue weighted by Gasteiger charge is -2.15. The van der Waals surface area contributed by atoms with Gasteiger partial charge in [0.1, 0.15) is 19.0 Å². The predicted molar refractivity (Wildman–Crippen MR) is 155 cm³/mol. The summed E-state index contributed by atoms with van der Waals surface area (Å²) in [5.41, 5.74) is 4.15. The molecule has 0 spiro atoms. The summed E-state index contributed by atoms with van der Waals surface area (Å²) in [6.45, 7) is 7.26. The van der Waals surface area contributed by atoms with E-state index in [1.165, 1.54) is 10.5 Å². The van der Waals surface area contributed by atoms with Crippen LogP contribution in [0.25, 0.3) is 6.08 Å². The molecule has 4 rings (SSSR count). The van der Waals surface area contributed by atoms with Crippen molar-refractivity contribution in [2.45, 2.75) is 27.4 Å². The first-order chi connectivity index (χ1) is 17.8. The molecule has 1 heterocycles. The van der Waals surface area contributed by atoms with E-state index in [0.717, 1.165) is 32.0 Å². The molecular weight excluding hydrogens is 601 g/mol. The second-order valence-electron chi connectivity index (χ2n) is 8.53. The third-order valence-electron chi connectivity index (χ3n) is 5.61. The fourth-order valence-corrected chi connectivity index (χ4v) is 5.29. The largest absolute Gasteiger partial charge is 0.492 e. The number of ether oxygens (including phenoxy) is 3. The fraction of sp³-hybridized carbons (Fsp3) is 0.241. The SMILES string of the molecule is CCOc1cc(/C=C2\SC(=O)N(CCOc3ccc(C)cc3)C2=O)cc(I)c1OCc1ccc(C)cc1. The van der Waals surface area contributed by atoms with E-state index in [-0.39, 0.29) is 24.3 Å². The van der Waals surface area contributed by atoms with Gasteiger partial charge in [0.05, 0.1) is 21.6 Å². The first-order valence-electron chi connectivity index (χ1n) is 11.9. The summed E-state index contributed by atoms with van der Waals surface area (Å²) in [6.07, 6.45) is 1.72. The normalized spacial score (nSPS) is 14.4. The molecule has 2 amide bonds. The Labute approximate surface area is 235 Å². The van der Waals surface area contributed by atoms with Gasteiger partial charge < -0.3 is 14.2 Å². The summed E-state index contributed by atoms with van der Waals surface area (Å²) in [6, 6.07) is 19.6. The molecule has 1 saturated heterocycles. The topological polar surface area (TPSA) is 65.1 Å². The molecule has 1 aliphatic heterocycles. The van der Waals surface area contributed by atoms with E-state index >= 15 is 0 Å². The average molecular weight is 630 g/mol. The Hall–Kier alpha value is -2.98. The van der Waals surface area contributed by atoms with E-state index in [2.05, 4.69) is 34.7 Å². The first kappa shape index (κ1) is 27.1. The van der Waals surface area contributed by atoms with Crippen LogP contribution in [0.1, 0.15) is 29.2 Å². The Morgan fingerprint density at radius 1 is 0.919 bits per heavy atom. The van der Waals surface area contributed by atoms with Crippen molar-refractivity contribution in [1.82, 2.24) is 4.90 Å². The molecule has 3 aromatic carbocycles. The van der Waals surface area contributed by atoms with Crippen LogP contribution >= 0.6 is 34.4 Å². The van der Waals surface area contributed by atoms with Crippen molar-refractivity contribution < 1.29 is 23.8 Å². The van der Waals surface area contributed by atoms with Gasteiger partial charge in [0.2, 0.25) is 0 Å². The average Bonchev–Trinajstić information content (AvgIpc) is 3.13. The maximum atomic E-state index is 13.0. The standard InChI is InChI=1S/C29H28INO5S/c1-4-34-25-16-22(15-24(30)27(25)36-18-21-9-5-19(2)6-10-21)17-26-28(32)31(29(33)37-26)13-14-35-23-11-7-20(3)8-12-23/h5-12,15-17H,4,13-14,18H2,1-3H3/b26-17-. The number of imide groups is 1. The fourth-order valence-electron chi connectivity index (χ4n) is 3.65. The number of amides is 2. The molecule has 0 unspecified atom stereocenters. The van der Waals surface area contributed by atoms with Gasteiger partial charge in [-0.25, -0.2) is 0 Å². The Bertz CT molecular complexity index is 1310. The minimum atomic E-state index is -0.324. The number of carbonyl (C=O) groups excluding carboxylic acids is 2. The highest BCUT2D eigenvalue weighted by Crippen LogP contribution is 2.38. The molecule has 3 aromatic rings. The minimum absolute atomic E-state index is 0.184. The van der Waals surface area contributed by atoms with Crippen molar-refractivity contribution in [2.24, 2.45) is 0 Å². The number of benzene rings is 3. The zero-order chi connectivity index (χ0) is 26.4. The molecule has 1 aliphatic rings. The van der Waals surface area contributed by atoms with Crippen LogP contribution in [0.2, 0.25) is 0 Å². The first-order valence-corrected chi connectivity index (χ1v) is 13.8. The summed E-state index contributed by atoms with van der Waals surface area (Å²) >= 11 is 3.14. The maximum Gasteiger partial charge on any atom is 0.293 e. The number of rotatable bonds is 10. The van der Waals surface area contributed by atoms with Gasteiger partial charge in [0.25, 0.3) is 11.1 Å². The Kier molecular flexibility index (Phi) is 9.15. The smallest absolute Gasteiger partial charge is 0.293 e. The van der Waals surface area contributed by atoms with Crippen molar-refractivity contribution in [3.8, 4) is 17.2 Å². The summed E-state index contributed by atoms with van der Waals surface area (Å²) in [4.78, 5) is 27.1. The highest BCUT2D eigenvalue weighted by Gasteiger charge is 2.35. The van der Waals surface area contributed by atoms with Crippen LogP contribution in [0.3, 0.4) is 0 Å². The van der Waals surface area contributed by atoms with Gasteiger partial charge in [-0.2, -0.15) is 0 Å². The van der Waals surface area contributed by atoms with Crippen LogP contribution in [-0.4, -0.2) is 35.8 Å². The number of carbonyl (C=O) groups is 2. The Morgan fingerprint density at radius 2 is 1.59 bits per heavy atom. The minimum Gasteiger partial charge on any atom is -0.492 e. The molecule has 37 heavy (non-hydrogen) atoms. The maximum absolute atomic E-state index is 13.0. The number of nitrogens with zero attached hydrogens (tertiary/aromatic N) is 1. The zero-order valence-electron chi connectivity index (χ0n) is 21.0. The lowest BCUT2D eigenvalue weighted by Crippen LogP contribution is -2.32. The second-order valence-corrected chi connectivity index (χ2v) is 10.7. The van der Waals surface area contributed by atoms with Crippen LogP contribution in [0.15, 0.2) is 65.6 Å². The molecule has 6 nitrogen and oxygen atoms in total. The molecule has 0 aliphatic carbocycles. The summed E-state index contributed by atoms with van der Waals surface area (Å²) < 4.78 is 18.5. The summed E-state index contributed by atoms with van der Waals surface area (Å²) in [7, 11) is 0. The van der Waals surface area contributed by atoms with Gasteiger partial charge in [0.15, 0.2) is 11.5 Å². The van der Waals surface area contributed by atoms with E-state index in [9.17, 15) is 9.59 Å². The van der Waals surface area contributed by atoms with Gasteiger partial charge in [-0.3, -0.25) is 14.5 Å². The van der Waals surface area contributed by atoms with Crippen LogP contribution in [0.5, 0.6) is 17.2 Å². The van der Waals surface area contributed by atoms with Crippen molar-refractivity contribution >= 4 is 51.6 Å². The number of halogens is 1. The van der Waals surface area contributed by atoms with E-state index in [1.54, 1.807) is 6.08 Å². The van der Waals surface area contributed by atoms with Crippen LogP contribution in [-0.2, 0) is 11.4 Å². The quantitative estimate of drug-likeness (QED) is 0.178. The molecule has 0 aromatic heterocycles. The summed E-state index contributed by atoms with van der Waals surface area (Å²) in [5.74, 6) is 1.63. The van der Waals surface area contributed by atoms with E-state index in [0.29, 0.717) is 35.4 Å². The summed E-state index contributed by atoms with van der Waals surface area (Å²) in [5, 5.41) is -0.304. The molecule has 0 atom stereocenters. The number of thioether (sulfide) groups is 1. The van der Waals surface area contributed by atoms with Gasteiger partial charge in [0, 0.05) is 0 Å². The van der Waals surface area contributed by atoms with E-state index in [4.69, 9.17) is 14.2 Å². The Morgan fingerprint density at radius 3 is 2.27 bits per heavy atom. The lowest BCUT2D eigenvalue weighted by molar-refractivity contribution is -0.123. The number of hydrogen-bond donors (Lipinski definition) is 0. The number of aryl methyl sites for hydroxylation is 2. The van der Waals surface area contributed by atoms with Crippen LogP contribution < -0.4 is 14.2 Å². The third kappa shape index (κ3) is 7.07. The third-order valence-corrected chi connectivity index (χ3v) is 7.32. The van der Waals surface area contributed by atoms with Crippen molar-refractivity contribution in [2.75, 3.05) is 19.8 Å². The van der Waals surface area contributed by atoms with Gasteiger partial charge >= 0.3 is 0 Å². The molecule has 0 N–H and O–H groups in total. The predicted octanol–water partition coefficient (Wildman–Crippen LogP) is 7.00. The monoisotopic (exact) mass is 629 g/mol. The highest BCUT2D eigenvalue weighted by atomic mass is 127. The van der Waals surface area contributed by atoms with Crippen molar-refractivity contribution in [3.63, 3.8) is 0 Å². The van der Waals surface area contributed by atoms with Crippen LogP contribution in [0, 0.1) is 17.4 Å². The number of hydrogen-bond acceptors (Lipinski definition) is 6. The van der Waals surface area contributed by atoms with Gasteiger partial charge in [-0.05, 0) is 96.6 Å². The molecule has 1 fully saturated rings. The molecule has 192 valence electrons. The van der Waals surface area contributed by atoms with Gasteiger partial charge in [-0.1, -0.05) is 47.5 Å². The van der Waals surface area contributed by atoms with Crippen molar-refractivity contribution in [1.29, 1.82) is 0 Å². The molecule has 8 heteroatoms.